The maximum Gasteiger partial charge on any atom is 0.319 e. The lowest BCUT2D eigenvalue weighted by atomic mass is 9.89. The fraction of sp³-hybridized carbons (Fsp3) is 0.407. The van der Waals surface area contributed by atoms with E-state index in [0.717, 1.165) is 42.4 Å². The van der Waals surface area contributed by atoms with Crippen molar-refractivity contribution < 1.29 is 13.9 Å². The highest BCUT2D eigenvalue weighted by atomic mass is 19.1. The number of urea groups is 1. The summed E-state index contributed by atoms with van der Waals surface area (Å²) in [4.78, 5) is 19.5. The summed E-state index contributed by atoms with van der Waals surface area (Å²) in [6.45, 7) is 7.47. The Hall–Kier alpha value is -3.35. The van der Waals surface area contributed by atoms with Crippen LogP contribution in [0, 0.1) is 12.7 Å². The van der Waals surface area contributed by atoms with Crippen molar-refractivity contribution >= 4 is 28.2 Å². The molecule has 1 fully saturated rings. The lowest BCUT2D eigenvalue weighted by Crippen LogP contribution is -2.43. The van der Waals surface area contributed by atoms with Crippen LogP contribution >= 0.6 is 0 Å². The smallest absolute Gasteiger partial charge is 0.319 e. The second kappa shape index (κ2) is 8.78. The van der Waals surface area contributed by atoms with Crippen molar-refractivity contribution in [3.8, 4) is 5.75 Å². The maximum absolute atomic E-state index is 15.7. The van der Waals surface area contributed by atoms with Crippen LogP contribution in [0.25, 0.3) is 10.8 Å². The zero-order chi connectivity index (χ0) is 23.9. The number of rotatable bonds is 3. The second-order valence-electron chi connectivity index (χ2n) is 9.93. The quantitative estimate of drug-likeness (QED) is 0.494. The van der Waals surface area contributed by atoms with Crippen LogP contribution in [0.3, 0.4) is 0 Å². The molecular weight excluding hydrogens is 431 g/mol. The SMILES string of the molecule is Cc1cc2c(NC(=O)NC3CC(C)(C)Oc4c3ccc(N3CCCCC3)c4F)cccc2cn1. The van der Waals surface area contributed by atoms with E-state index in [9.17, 15) is 4.79 Å². The first-order valence-corrected chi connectivity index (χ1v) is 12.0. The predicted molar refractivity (Wildman–Crippen MR) is 133 cm³/mol. The molecular formula is C27H31FN4O2. The van der Waals surface area contributed by atoms with Crippen LogP contribution in [0.1, 0.15) is 56.8 Å². The van der Waals surface area contributed by atoms with E-state index in [1.54, 1.807) is 6.20 Å². The third-order valence-corrected chi connectivity index (χ3v) is 6.71. The van der Waals surface area contributed by atoms with E-state index >= 15 is 4.39 Å². The van der Waals surface area contributed by atoms with Gasteiger partial charge < -0.3 is 20.3 Å². The highest BCUT2D eigenvalue weighted by Gasteiger charge is 2.37. The number of nitrogens with one attached hydrogen (secondary N) is 2. The second-order valence-corrected chi connectivity index (χ2v) is 9.93. The Balaban J connectivity index is 1.41. The minimum Gasteiger partial charge on any atom is -0.484 e. The minimum atomic E-state index is -0.617. The summed E-state index contributed by atoms with van der Waals surface area (Å²) in [5.41, 5.74) is 2.22. The summed E-state index contributed by atoms with van der Waals surface area (Å²) in [6, 6.07) is 10.7. The molecule has 0 bridgehead atoms. The molecule has 34 heavy (non-hydrogen) atoms. The van der Waals surface area contributed by atoms with Crippen molar-refractivity contribution in [3.63, 3.8) is 0 Å². The molecule has 1 unspecified atom stereocenters. The van der Waals surface area contributed by atoms with E-state index in [2.05, 4.69) is 20.5 Å². The monoisotopic (exact) mass is 462 g/mol. The Kier molecular flexibility index (Phi) is 5.80. The van der Waals surface area contributed by atoms with Crippen LogP contribution in [0.5, 0.6) is 5.75 Å². The molecule has 2 N–H and O–H groups in total. The van der Waals surface area contributed by atoms with Crippen LogP contribution in [0.2, 0.25) is 0 Å². The Labute approximate surface area is 199 Å². The van der Waals surface area contributed by atoms with E-state index < -0.39 is 5.60 Å². The van der Waals surface area contributed by atoms with Crippen molar-refractivity contribution in [2.24, 2.45) is 0 Å². The van der Waals surface area contributed by atoms with Crippen LogP contribution in [-0.2, 0) is 0 Å². The molecule has 6 nitrogen and oxygen atoms in total. The third kappa shape index (κ3) is 4.39. The standard InChI is InChI=1S/C27H31FN4O2/c1-17-14-20-18(16-29-17)8-7-9-21(20)30-26(33)31-22-15-27(2,3)34-25-19(22)10-11-23(24(25)28)32-12-5-4-6-13-32/h7-11,14,16,22H,4-6,12-13,15H2,1-3H3,(H2,30,31,33). The van der Waals surface area contributed by atoms with Crippen molar-refractivity contribution in [3.05, 3.63) is 59.7 Å². The van der Waals surface area contributed by atoms with Gasteiger partial charge in [0.1, 0.15) is 5.60 Å². The zero-order valence-electron chi connectivity index (χ0n) is 20.0. The van der Waals surface area contributed by atoms with Gasteiger partial charge in [-0.3, -0.25) is 4.98 Å². The molecule has 0 aliphatic carbocycles. The molecule has 2 aliphatic rings. The van der Waals surface area contributed by atoms with Crippen LogP contribution < -0.4 is 20.3 Å². The summed E-state index contributed by atoms with van der Waals surface area (Å²) >= 11 is 0. The van der Waals surface area contributed by atoms with Gasteiger partial charge in [-0.05, 0) is 58.2 Å². The molecule has 5 rings (SSSR count). The fourth-order valence-electron chi connectivity index (χ4n) is 5.07. The summed E-state index contributed by atoms with van der Waals surface area (Å²) < 4.78 is 21.8. The van der Waals surface area contributed by atoms with E-state index in [4.69, 9.17) is 4.74 Å². The van der Waals surface area contributed by atoms with Gasteiger partial charge in [-0.1, -0.05) is 18.2 Å². The lowest BCUT2D eigenvalue weighted by molar-refractivity contribution is 0.0631. The first kappa shape index (κ1) is 22.4. The van der Waals surface area contributed by atoms with Gasteiger partial charge in [-0.2, -0.15) is 0 Å². The predicted octanol–water partition coefficient (Wildman–Crippen LogP) is 6.10. The van der Waals surface area contributed by atoms with E-state index in [-0.39, 0.29) is 23.6 Å². The molecule has 0 radical (unpaired) electrons. The van der Waals surface area contributed by atoms with E-state index in [1.807, 2.05) is 57.2 Å². The van der Waals surface area contributed by atoms with Gasteiger partial charge in [0, 0.05) is 47.7 Å². The first-order chi connectivity index (χ1) is 16.3. The van der Waals surface area contributed by atoms with Crippen molar-refractivity contribution in [2.75, 3.05) is 23.3 Å². The Morgan fingerprint density at radius 1 is 1.18 bits per heavy atom. The molecule has 1 aromatic heterocycles. The van der Waals surface area contributed by atoms with Crippen LogP contribution in [-0.4, -0.2) is 29.7 Å². The third-order valence-electron chi connectivity index (χ3n) is 6.71. The van der Waals surface area contributed by atoms with E-state index in [1.165, 1.54) is 6.42 Å². The number of amides is 2. The van der Waals surface area contributed by atoms with Crippen molar-refractivity contribution in [1.82, 2.24) is 10.3 Å². The zero-order valence-corrected chi connectivity index (χ0v) is 20.0. The van der Waals surface area contributed by atoms with Crippen molar-refractivity contribution in [1.29, 1.82) is 0 Å². The molecule has 1 atom stereocenters. The van der Waals surface area contributed by atoms with Crippen molar-refractivity contribution in [2.45, 2.75) is 58.1 Å². The number of aryl methyl sites for hydroxylation is 1. The van der Waals surface area contributed by atoms with Gasteiger partial charge in [0.05, 0.1) is 17.4 Å². The lowest BCUT2D eigenvalue weighted by Gasteiger charge is -2.39. The number of piperidine rings is 1. The summed E-state index contributed by atoms with van der Waals surface area (Å²) in [6.07, 6.45) is 5.65. The number of hydrogen-bond donors (Lipinski definition) is 2. The Bertz CT molecular complexity index is 1240. The molecule has 0 saturated carbocycles. The number of fused-ring (bicyclic) bond motifs is 2. The first-order valence-electron chi connectivity index (χ1n) is 12.0. The molecule has 3 heterocycles. The number of pyridine rings is 1. The number of nitrogens with zero attached hydrogens (tertiary/aromatic N) is 2. The number of ether oxygens (including phenoxy) is 1. The van der Waals surface area contributed by atoms with Gasteiger partial charge in [-0.15, -0.1) is 0 Å². The summed E-state index contributed by atoms with van der Waals surface area (Å²) in [5.74, 6) is -0.0899. The average Bonchev–Trinajstić information content (AvgIpc) is 2.80. The highest BCUT2D eigenvalue weighted by molar-refractivity contribution is 6.01. The van der Waals surface area contributed by atoms with Gasteiger partial charge >= 0.3 is 6.03 Å². The minimum absolute atomic E-state index is 0.247. The van der Waals surface area contributed by atoms with Gasteiger partial charge in [0.15, 0.2) is 11.6 Å². The summed E-state index contributed by atoms with van der Waals surface area (Å²) in [5, 5.41) is 7.91. The van der Waals surface area contributed by atoms with Gasteiger partial charge in [-0.25, -0.2) is 9.18 Å². The number of aromatic nitrogens is 1. The number of carbonyl (C=O) groups is 1. The fourth-order valence-corrected chi connectivity index (χ4v) is 5.07. The Morgan fingerprint density at radius 3 is 2.76 bits per heavy atom. The van der Waals surface area contributed by atoms with Crippen LogP contribution in [0.15, 0.2) is 42.6 Å². The number of halogens is 1. The topological polar surface area (TPSA) is 66.5 Å². The van der Waals surface area contributed by atoms with Gasteiger partial charge in [0.25, 0.3) is 0 Å². The Morgan fingerprint density at radius 2 is 1.97 bits per heavy atom. The van der Waals surface area contributed by atoms with E-state index in [0.29, 0.717) is 23.4 Å². The number of carbonyl (C=O) groups excluding carboxylic acids is 1. The molecule has 0 spiro atoms. The van der Waals surface area contributed by atoms with Gasteiger partial charge in [0.2, 0.25) is 0 Å². The molecule has 1 saturated heterocycles. The molecule has 7 heteroatoms. The number of hydrogen-bond acceptors (Lipinski definition) is 4. The number of benzene rings is 2. The summed E-state index contributed by atoms with van der Waals surface area (Å²) in [7, 11) is 0. The largest absolute Gasteiger partial charge is 0.484 e. The number of anilines is 2. The normalized spacial score (nSPS) is 19.3. The molecule has 178 valence electrons. The molecule has 3 aromatic rings. The molecule has 2 aliphatic heterocycles. The average molecular weight is 463 g/mol. The molecule has 2 amide bonds. The van der Waals surface area contributed by atoms with Crippen LogP contribution in [0.4, 0.5) is 20.6 Å². The highest BCUT2D eigenvalue weighted by Crippen LogP contribution is 2.44. The molecule has 2 aromatic carbocycles. The maximum atomic E-state index is 15.7.